The average Bonchev–Trinajstić information content (AvgIpc) is 2.80. The minimum absolute atomic E-state index is 0.00571. The number of benzene rings is 2. The number of anilines is 2. The van der Waals surface area contributed by atoms with E-state index in [-0.39, 0.29) is 23.8 Å². The van der Waals surface area contributed by atoms with Gasteiger partial charge in [0.05, 0.1) is 12.1 Å². The summed E-state index contributed by atoms with van der Waals surface area (Å²) < 4.78 is 13.4. The summed E-state index contributed by atoms with van der Waals surface area (Å²) >= 11 is 0. The second kappa shape index (κ2) is 9.03. The Balaban J connectivity index is 1.58. The van der Waals surface area contributed by atoms with Crippen molar-refractivity contribution in [3.05, 3.63) is 83.8 Å². The molecular weight excluding hydrogens is 379 g/mol. The highest BCUT2D eigenvalue weighted by Gasteiger charge is 2.30. The zero-order chi connectivity index (χ0) is 20.9. The maximum absolute atomic E-state index is 13.4. The molecule has 0 spiro atoms. The SMILES string of the molecule is C[C@H](Nc1nccc(N2CCC(C=O)CC2c2ccc(F)cc2)n1)c1ccccc1. The smallest absolute Gasteiger partial charge is 0.225 e. The number of halogens is 1. The van der Waals surface area contributed by atoms with E-state index >= 15 is 0 Å². The van der Waals surface area contributed by atoms with Crippen LogP contribution in [0.2, 0.25) is 0 Å². The van der Waals surface area contributed by atoms with E-state index < -0.39 is 0 Å². The minimum atomic E-state index is -0.267. The molecule has 1 aliphatic rings. The van der Waals surface area contributed by atoms with Gasteiger partial charge in [-0.1, -0.05) is 42.5 Å². The van der Waals surface area contributed by atoms with E-state index in [1.165, 1.54) is 12.1 Å². The molecule has 154 valence electrons. The molecule has 0 aliphatic carbocycles. The number of carbonyl (C=O) groups excluding carboxylic acids is 1. The predicted molar refractivity (Wildman–Crippen MR) is 116 cm³/mol. The molecule has 0 radical (unpaired) electrons. The van der Waals surface area contributed by atoms with Crippen molar-refractivity contribution < 1.29 is 9.18 Å². The molecule has 1 N–H and O–H groups in total. The first-order chi connectivity index (χ1) is 14.6. The molecule has 0 amide bonds. The van der Waals surface area contributed by atoms with Gasteiger partial charge in [-0.3, -0.25) is 0 Å². The fourth-order valence-electron chi connectivity index (χ4n) is 3.99. The van der Waals surface area contributed by atoms with E-state index in [1.54, 1.807) is 18.3 Å². The molecule has 3 atom stereocenters. The van der Waals surface area contributed by atoms with Crippen molar-refractivity contribution in [2.45, 2.75) is 31.8 Å². The standard InChI is InChI=1S/C24H25FN4O/c1-17(19-5-3-2-4-6-19)27-24-26-13-11-23(28-24)29-14-12-18(16-30)15-22(29)20-7-9-21(25)10-8-20/h2-11,13,16-18,22H,12,14-15H2,1H3,(H,26,27,28)/t17-,18?,22?/m0/s1. The van der Waals surface area contributed by atoms with Crippen molar-refractivity contribution in [2.24, 2.45) is 5.92 Å². The van der Waals surface area contributed by atoms with Gasteiger partial charge in [0.2, 0.25) is 5.95 Å². The Hall–Kier alpha value is -3.28. The highest BCUT2D eigenvalue weighted by molar-refractivity contribution is 5.56. The van der Waals surface area contributed by atoms with Crippen molar-refractivity contribution in [2.75, 3.05) is 16.8 Å². The van der Waals surface area contributed by atoms with Gasteiger partial charge in [-0.2, -0.15) is 4.98 Å². The number of hydrogen-bond acceptors (Lipinski definition) is 5. The lowest BCUT2D eigenvalue weighted by Gasteiger charge is -2.39. The summed E-state index contributed by atoms with van der Waals surface area (Å²) in [6.45, 7) is 2.78. The van der Waals surface area contributed by atoms with Gasteiger partial charge < -0.3 is 15.0 Å². The number of nitrogens with one attached hydrogen (secondary N) is 1. The number of aldehydes is 1. The third-order valence-corrected chi connectivity index (χ3v) is 5.67. The normalized spacial score (nSPS) is 19.9. The summed E-state index contributed by atoms with van der Waals surface area (Å²) in [5, 5.41) is 3.37. The zero-order valence-corrected chi connectivity index (χ0v) is 16.9. The Kier molecular flexibility index (Phi) is 6.02. The maximum Gasteiger partial charge on any atom is 0.225 e. The summed E-state index contributed by atoms with van der Waals surface area (Å²) in [6, 6.07) is 18.6. The van der Waals surface area contributed by atoms with Crippen LogP contribution in [-0.2, 0) is 4.79 Å². The fourth-order valence-corrected chi connectivity index (χ4v) is 3.99. The van der Waals surface area contributed by atoms with Gasteiger partial charge >= 0.3 is 0 Å². The van der Waals surface area contributed by atoms with Gasteiger partial charge in [0.25, 0.3) is 0 Å². The number of aromatic nitrogens is 2. The van der Waals surface area contributed by atoms with Gasteiger partial charge in [0.15, 0.2) is 0 Å². The number of hydrogen-bond donors (Lipinski definition) is 1. The van der Waals surface area contributed by atoms with Crippen LogP contribution in [0, 0.1) is 11.7 Å². The molecule has 0 saturated carbocycles. The summed E-state index contributed by atoms with van der Waals surface area (Å²) in [7, 11) is 0. The van der Waals surface area contributed by atoms with Crippen LogP contribution in [0.3, 0.4) is 0 Å². The molecule has 1 fully saturated rings. The van der Waals surface area contributed by atoms with Crippen LogP contribution in [0.4, 0.5) is 16.2 Å². The number of nitrogens with zero attached hydrogens (tertiary/aromatic N) is 3. The molecule has 2 unspecified atom stereocenters. The first kappa shape index (κ1) is 20.0. The van der Waals surface area contributed by atoms with Gasteiger partial charge in [-0.15, -0.1) is 0 Å². The molecule has 30 heavy (non-hydrogen) atoms. The molecule has 1 aliphatic heterocycles. The summed E-state index contributed by atoms with van der Waals surface area (Å²) in [6.07, 6.45) is 4.23. The summed E-state index contributed by atoms with van der Waals surface area (Å²) in [5.41, 5.74) is 2.14. The molecule has 6 heteroatoms. The Morgan fingerprint density at radius 3 is 2.63 bits per heavy atom. The van der Waals surface area contributed by atoms with E-state index in [2.05, 4.69) is 34.3 Å². The first-order valence-corrected chi connectivity index (χ1v) is 10.3. The Bertz CT molecular complexity index is 980. The predicted octanol–water partition coefficient (Wildman–Crippen LogP) is 4.95. The van der Waals surface area contributed by atoms with Gasteiger partial charge in [0, 0.05) is 18.7 Å². The lowest BCUT2D eigenvalue weighted by atomic mass is 9.88. The van der Waals surface area contributed by atoms with E-state index in [4.69, 9.17) is 4.98 Å². The third kappa shape index (κ3) is 4.48. The molecule has 1 saturated heterocycles. The van der Waals surface area contributed by atoms with E-state index in [9.17, 15) is 9.18 Å². The number of carbonyl (C=O) groups is 1. The quantitative estimate of drug-likeness (QED) is 0.590. The molecule has 3 aromatic rings. The lowest BCUT2D eigenvalue weighted by molar-refractivity contribution is -0.111. The van der Waals surface area contributed by atoms with E-state index in [0.29, 0.717) is 18.9 Å². The van der Waals surface area contributed by atoms with Crippen molar-refractivity contribution in [1.29, 1.82) is 0 Å². The van der Waals surface area contributed by atoms with Crippen molar-refractivity contribution in [3.8, 4) is 0 Å². The van der Waals surface area contributed by atoms with Crippen LogP contribution in [0.25, 0.3) is 0 Å². The molecule has 1 aromatic heterocycles. The van der Waals surface area contributed by atoms with Crippen LogP contribution in [0.1, 0.15) is 43.0 Å². The second-order valence-electron chi connectivity index (χ2n) is 7.70. The zero-order valence-electron chi connectivity index (χ0n) is 16.9. The Labute approximate surface area is 176 Å². The number of rotatable bonds is 6. The molecule has 2 heterocycles. The summed E-state index contributed by atoms with van der Waals surface area (Å²) in [5.74, 6) is 1.08. The molecule has 2 aromatic carbocycles. The fraction of sp³-hybridized carbons (Fsp3) is 0.292. The van der Waals surface area contributed by atoms with Crippen LogP contribution in [-0.4, -0.2) is 22.8 Å². The van der Waals surface area contributed by atoms with E-state index in [0.717, 1.165) is 29.7 Å². The Morgan fingerprint density at radius 2 is 1.90 bits per heavy atom. The van der Waals surface area contributed by atoms with Gasteiger partial charge in [-0.05, 0) is 49.1 Å². The summed E-state index contributed by atoms with van der Waals surface area (Å²) in [4.78, 5) is 22.8. The van der Waals surface area contributed by atoms with Crippen LogP contribution < -0.4 is 10.2 Å². The highest BCUT2D eigenvalue weighted by Crippen LogP contribution is 2.36. The van der Waals surface area contributed by atoms with E-state index in [1.807, 2.05) is 24.3 Å². The molecule has 5 nitrogen and oxygen atoms in total. The third-order valence-electron chi connectivity index (χ3n) is 5.67. The van der Waals surface area contributed by atoms with Crippen LogP contribution >= 0.6 is 0 Å². The minimum Gasteiger partial charge on any atom is -0.349 e. The number of piperidine rings is 1. The van der Waals surface area contributed by atoms with Gasteiger partial charge in [0.1, 0.15) is 17.9 Å². The first-order valence-electron chi connectivity index (χ1n) is 10.3. The van der Waals surface area contributed by atoms with Crippen molar-refractivity contribution in [3.63, 3.8) is 0 Å². The maximum atomic E-state index is 13.4. The van der Waals surface area contributed by atoms with Crippen LogP contribution in [0.15, 0.2) is 66.9 Å². The molecule has 0 bridgehead atoms. The monoisotopic (exact) mass is 404 g/mol. The van der Waals surface area contributed by atoms with Gasteiger partial charge in [-0.25, -0.2) is 9.37 Å². The molecule has 4 rings (SSSR count). The lowest BCUT2D eigenvalue weighted by Crippen LogP contribution is -2.38. The second-order valence-corrected chi connectivity index (χ2v) is 7.70. The Morgan fingerprint density at radius 1 is 1.13 bits per heavy atom. The topological polar surface area (TPSA) is 58.1 Å². The average molecular weight is 404 g/mol. The van der Waals surface area contributed by atoms with Crippen molar-refractivity contribution in [1.82, 2.24) is 9.97 Å². The largest absolute Gasteiger partial charge is 0.349 e. The molecular formula is C24H25FN4O. The van der Waals surface area contributed by atoms with Crippen LogP contribution in [0.5, 0.6) is 0 Å². The highest BCUT2D eigenvalue weighted by atomic mass is 19.1. The van der Waals surface area contributed by atoms with Crippen molar-refractivity contribution >= 4 is 18.1 Å².